The van der Waals surface area contributed by atoms with Crippen molar-refractivity contribution >= 4 is 10.1 Å². The first-order valence-electron chi connectivity index (χ1n) is 11.2. The van der Waals surface area contributed by atoms with Crippen LogP contribution < -0.4 is 0 Å². The SMILES string of the molecule is O=S(=O)(O)C(F)(F)/C(F)=C(F)/C(F)=C(\F)C(F)(F)C(F)(F)C(F)(F)C(F)(F)C(F)(F)C(F)(F)C(F)(F)C(F)(F)C(F)(F)C(F)(F)C(F)(F)C(F)(F)C(F)(F)F. The normalized spacial score (nSPS) is 17.6. The zero-order valence-electron chi connectivity index (χ0n) is 23.1. The Hall–Kier alpha value is -2.92. The Balaban J connectivity index is 7.79. The Bertz CT molecular complexity index is 1640. The van der Waals surface area contributed by atoms with Gasteiger partial charge in [-0.1, -0.05) is 0 Å². The summed E-state index contributed by atoms with van der Waals surface area (Å²) in [6, 6.07) is 0. The van der Waals surface area contributed by atoms with Crippen LogP contribution in [0.2, 0.25) is 0 Å². The minimum absolute atomic E-state index is 4.99. The van der Waals surface area contributed by atoms with Crippen LogP contribution in [0.1, 0.15) is 0 Å². The number of hydrogen-bond acceptors (Lipinski definition) is 2. The molecule has 55 heavy (non-hydrogen) atoms. The summed E-state index contributed by atoms with van der Waals surface area (Å²) in [7, 11) is -7.55. The van der Waals surface area contributed by atoms with Gasteiger partial charge in [-0.05, 0) is 0 Å². The predicted octanol–water partition coefficient (Wildman–Crippen LogP) is 11.0. The van der Waals surface area contributed by atoms with E-state index in [4.69, 9.17) is 4.55 Å². The molecule has 0 rings (SSSR count). The van der Waals surface area contributed by atoms with Crippen LogP contribution in [0.4, 0.5) is 145 Å². The summed E-state index contributed by atoms with van der Waals surface area (Å²) in [6.45, 7) is 0. The highest BCUT2D eigenvalue weighted by Gasteiger charge is 3.00. The smallest absolute Gasteiger partial charge is 0.281 e. The topological polar surface area (TPSA) is 54.4 Å². The van der Waals surface area contributed by atoms with Gasteiger partial charge < -0.3 is 0 Å². The molecule has 3 nitrogen and oxygen atoms in total. The number of alkyl halides is 29. The van der Waals surface area contributed by atoms with Crippen LogP contribution in [0, 0.1) is 0 Å². The summed E-state index contributed by atoms with van der Waals surface area (Å²) < 4.78 is 470. The summed E-state index contributed by atoms with van der Waals surface area (Å²) in [6.07, 6.45) is -8.40. The van der Waals surface area contributed by atoms with E-state index in [-0.39, 0.29) is 0 Å². The van der Waals surface area contributed by atoms with Crippen LogP contribution in [-0.2, 0) is 10.1 Å². The first-order chi connectivity index (χ1) is 23.1. The van der Waals surface area contributed by atoms with E-state index in [0.29, 0.717) is 0 Å². The maximum Gasteiger partial charge on any atom is 0.460 e. The van der Waals surface area contributed by atoms with Crippen molar-refractivity contribution in [1.82, 2.24) is 0 Å². The zero-order chi connectivity index (χ0) is 45.8. The van der Waals surface area contributed by atoms with E-state index in [1.807, 2.05) is 0 Å². The fourth-order valence-electron chi connectivity index (χ4n) is 2.86. The molecule has 0 unspecified atom stereocenters. The van der Waals surface area contributed by atoms with Crippen LogP contribution >= 0.6 is 0 Å². The highest BCUT2D eigenvalue weighted by atomic mass is 32.2. The lowest BCUT2D eigenvalue weighted by molar-refractivity contribution is -0.484. The Kier molecular flexibility index (Phi) is 12.4. The van der Waals surface area contributed by atoms with Crippen LogP contribution in [0.25, 0.3) is 0 Å². The molecular weight excluding hydrogens is 923 g/mol. The van der Waals surface area contributed by atoms with Crippen LogP contribution in [0.15, 0.2) is 23.3 Å². The third-order valence-electron chi connectivity index (χ3n) is 6.13. The first-order valence-corrected chi connectivity index (χ1v) is 12.6. The Labute approximate surface area is 275 Å². The van der Waals surface area contributed by atoms with Gasteiger partial charge in [0, 0.05) is 0 Å². The van der Waals surface area contributed by atoms with Crippen LogP contribution in [0.3, 0.4) is 0 Å². The standard InChI is InChI=1S/C18HF33O3S/c19-1(2(20)4(22)6(25,26)55(52,53)54)3(21)5(23,24)7(27,28)8(29,30)9(31,32)10(33,34)11(35,36)12(37,38)13(39,40)14(41,42)15(43,44)16(45,46)17(47,48)18(49,50)51/h(H,52,53,54)/b3-1+,4-2+. The van der Waals surface area contributed by atoms with Crippen molar-refractivity contribution in [3.63, 3.8) is 0 Å². The molecule has 0 saturated heterocycles. The summed E-state index contributed by atoms with van der Waals surface area (Å²) >= 11 is 0. The molecule has 0 aliphatic heterocycles. The second-order valence-electron chi connectivity index (χ2n) is 9.64. The van der Waals surface area contributed by atoms with E-state index in [1.54, 1.807) is 0 Å². The van der Waals surface area contributed by atoms with E-state index >= 15 is 0 Å². The van der Waals surface area contributed by atoms with Gasteiger partial charge in [0.05, 0.1) is 0 Å². The van der Waals surface area contributed by atoms with E-state index in [1.165, 1.54) is 0 Å². The van der Waals surface area contributed by atoms with Gasteiger partial charge in [-0.25, -0.2) is 17.6 Å². The fraction of sp³-hybridized carbons (Fsp3) is 0.778. The van der Waals surface area contributed by atoms with E-state index in [0.717, 1.165) is 0 Å². The van der Waals surface area contributed by atoms with Crippen molar-refractivity contribution in [1.29, 1.82) is 0 Å². The molecule has 0 bridgehead atoms. The maximum atomic E-state index is 13.8. The third-order valence-corrected chi connectivity index (χ3v) is 6.95. The average molecular weight is 924 g/mol. The highest BCUT2D eigenvalue weighted by Crippen LogP contribution is 2.68. The number of halogens is 33. The van der Waals surface area contributed by atoms with Crippen molar-refractivity contribution in [2.24, 2.45) is 0 Å². The molecule has 0 aromatic carbocycles. The lowest BCUT2D eigenvalue weighted by Crippen LogP contribution is -2.78. The van der Waals surface area contributed by atoms with Crippen molar-refractivity contribution in [2.45, 2.75) is 82.5 Å². The van der Waals surface area contributed by atoms with Crippen LogP contribution in [0.5, 0.6) is 0 Å². The maximum absolute atomic E-state index is 13.8. The van der Waals surface area contributed by atoms with E-state index < -0.39 is 116 Å². The van der Waals surface area contributed by atoms with Gasteiger partial charge in [-0.3, -0.25) is 4.55 Å². The molecule has 0 aliphatic rings. The molecule has 0 amide bonds. The molecule has 0 fully saturated rings. The molecule has 0 aliphatic carbocycles. The summed E-state index contributed by atoms with van der Waals surface area (Å²) in [4.78, 5) is 0. The van der Waals surface area contributed by atoms with E-state index in [2.05, 4.69) is 0 Å². The van der Waals surface area contributed by atoms with Crippen molar-refractivity contribution in [3.8, 4) is 0 Å². The minimum Gasteiger partial charge on any atom is -0.281 e. The summed E-state index contributed by atoms with van der Waals surface area (Å²) in [5.41, 5.74) is 0. The molecule has 0 saturated carbocycles. The monoisotopic (exact) mass is 924 g/mol. The van der Waals surface area contributed by atoms with Crippen LogP contribution in [-0.4, -0.2) is 95.5 Å². The fourth-order valence-corrected chi connectivity index (χ4v) is 3.18. The largest absolute Gasteiger partial charge is 0.460 e. The lowest BCUT2D eigenvalue weighted by Gasteiger charge is -2.46. The number of allylic oxidation sites excluding steroid dienone is 3. The molecule has 0 aromatic heterocycles. The van der Waals surface area contributed by atoms with Gasteiger partial charge in [-0.2, -0.15) is 136 Å². The number of hydrogen-bond donors (Lipinski definition) is 1. The van der Waals surface area contributed by atoms with Gasteiger partial charge in [0.2, 0.25) is 17.5 Å². The molecule has 0 atom stereocenters. The molecule has 328 valence electrons. The van der Waals surface area contributed by atoms with Crippen molar-refractivity contribution < 1.29 is 158 Å². The second kappa shape index (κ2) is 13.0. The predicted molar refractivity (Wildman–Crippen MR) is 100 cm³/mol. The summed E-state index contributed by atoms with van der Waals surface area (Å²) in [5.74, 6) is -138. The lowest BCUT2D eigenvalue weighted by atomic mass is 9.84. The van der Waals surface area contributed by atoms with E-state index in [9.17, 15) is 153 Å². The average Bonchev–Trinajstić information content (AvgIpc) is 2.96. The molecule has 0 spiro atoms. The summed E-state index contributed by atoms with van der Waals surface area (Å²) in [5, 5.41) is -7.07. The van der Waals surface area contributed by atoms with Gasteiger partial charge in [-0.15, -0.1) is 0 Å². The molecule has 0 radical (unpaired) electrons. The Morgan fingerprint density at radius 3 is 0.691 bits per heavy atom. The highest BCUT2D eigenvalue weighted by molar-refractivity contribution is 7.87. The van der Waals surface area contributed by atoms with Crippen molar-refractivity contribution in [3.05, 3.63) is 23.3 Å². The van der Waals surface area contributed by atoms with Gasteiger partial charge >= 0.3 is 92.6 Å². The van der Waals surface area contributed by atoms with Gasteiger partial charge in [0.15, 0.2) is 5.83 Å². The van der Waals surface area contributed by atoms with Gasteiger partial charge in [0.1, 0.15) is 0 Å². The zero-order valence-corrected chi connectivity index (χ0v) is 24.0. The van der Waals surface area contributed by atoms with Crippen molar-refractivity contribution in [2.75, 3.05) is 0 Å². The molecule has 0 heterocycles. The molecule has 37 heteroatoms. The molecular formula is C18HF33O3S. The Morgan fingerprint density at radius 2 is 0.491 bits per heavy atom. The quantitative estimate of drug-likeness (QED) is 0.101. The molecule has 0 aromatic rings. The second-order valence-corrected chi connectivity index (χ2v) is 11.1. The first kappa shape index (κ1) is 52.1. The number of rotatable bonds is 15. The minimum atomic E-state index is -10.2. The van der Waals surface area contributed by atoms with Gasteiger partial charge in [0.25, 0.3) is 0 Å². The molecule has 1 N–H and O–H groups in total. The Morgan fingerprint density at radius 1 is 0.309 bits per heavy atom. The third kappa shape index (κ3) is 6.45.